The standard InChI is InChI=1S/C14H21NO3.ClH/c1-9(2)3-5-11(16)14(15)10-4-6-12-13(7-10)18-8-17-12;/h4,6-7,9,11,14,16H,3,5,8,15H2,1-2H3;1H/t11-,14+;/m0./s1. The lowest BCUT2D eigenvalue weighted by Crippen LogP contribution is -2.26. The highest BCUT2D eigenvalue weighted by Crippen LogP contribution is 2.34. The summed E-state index contributed by atoms with van der Waals surface area (Å²) in [5, 5.41) is 10.1. The number of aliphatic hydroxyl groups excluding tert-OH is 1. The number of rotatable bonds is 5. The summed E-state index contributed by atoms with van der Waals surface area (Å²) in [5.41, 5.74) is 6.96. The Morgan fingerprint density at radius 3 is 2.58 bits per heavy atom. The first-order chi connectivity index (χ1) is 8.58. The van der Waals surface area contributed by atoms with Crippen LogP contribution in [0.15, 0.2) is 18.2 Å². The molecule has 5 heteroatoms. The first-order valence-electron chi connectivity index (χ1n) is 6.41. The minimum atomic E-state index is -0.521. The molecule has 1 aromatic carbocycles. The average molecular weight is 288 g/mol. The van der Waals surface area contributed by atoms with Crippen LogP contribution >= 0.6 is 12.4 Å². The lowest BCUT2D eigenvalue weighted by atomic mass is 9.96. The predicted octanol–water partition coefficient (Wildman–Crippen LogP) is 2.63. The fraction of sp³-hybridized carbons (Fsp3) is 0.571. The van der Waals surface area contributed by atoms with E-state index in [-0.39, 0.29) is 25.2 Å². The van der Waals surface area contributed by atoms with Gasteiger partial charge in [-0.3, -0.25) is 0 Å². The van der Waals surface area contributed by atoms with Crippen molar-refractivity contribution in [3.05, 3.63) is 23.8 Å². The molecule has 0 saturated carbocycles. The summed E-state index contributed by atoms with van der Waals surface area (Å²) in [7, 11) is 0. The molecule has 2 atom stereocenters. The van der Waals surface area contributed by atoms with E-state index in [1.165, 1.54) is 0 Å². The number of halogens is 1. The van der Waals surface area contributed by atoms with Gasteiger partial charge in [-0.2, -0.15) is 0 Å². The molecule has 0 bridgehead atoms. The molecule has 0 aliphatic carbocycles. The normalized spacial score (nSPS) is 16.1. The molecule has 0 amide bonds. The molecule has 2 rings (SSSR count). The van der Waals surface area contributed by atoms with E-state index < -0.39 is 6.10 Å². The molecule has 3 N–H and O–H groups in total. The van der Waals surface area contributed by atoms with E-state index in [0.717, 1.165) is 17.7 Å². The smallest absolute Gasteiger partial charge is 0.231 e. The molecule has 0 radical (unpaired) electrons. The van der Waals surface area contributed by atoms with Crippen LogP contribution in [-0.4, -0.2) is 18.0 Å². The van der Waals surface area contributed by atoms with Crippen molar-refractivity contribution in [3.8, 4) is 11.5 Å². The molecule has 0 saturated heterocycles. The van der Waals surface area contributed by atoms with Gasteiger partial charge in [-0.15, -0.1) is 12.4 Å². The van der Waals surface area contributed by atoms with Gasteiger partial charge >= 0.3 is 0 Å². The Balaban J connectivity index is 0.00000180. The van der Waals surface area contributed by atoms with E-state index in [9.17, 15) is 5.11 Å². The third kappa shape index (κ3) is 4.00. The molecular weight excluding hydrogens is 266 g/mol. The summed E-state index contributed by atoms with van der Waals surface area (Å²) in [6, 6.07) is 5.20. The quantitative estimate of drug-likeness (QED) is 0.874. The number of hydrogen-bond donors (Lipinski definition) is 2. The first kappa shape index (κ1) is 16.1. The molecule has 108 valence electrons. The minimum Gasteiger partial charge on any atom is -0.454 e. The lowest BCUT2D eigenvalue weighted by molar-refractivity contribution is 0.128. The van der Waals surface area contributed by atoms with Gasteiger partial charge in [0.2, 0.25) is 6.79 Å². The maximum Gasteiger partial charge on any atom is 0.231 e. The molecule has 0 aromatic heterocycles. The summed E-state index contributed by atoms with van der Waals surface area (Å²) >= 11 is 0. The third-order valence-electron chi connectivity index (χ3n) is 3.24. The van der Waals surface area contributed by atoms with Crippen LogP contribution in [0.3, 0.4) is 0 Å². The van der Waals surface area contributed by atoms with Crippen LogP contribution in [-0.2, 0) is 0 Å². The van der Waals surface area contributed by atoms with Crippen molar-refractivity contribution < 1.29 is 14.6 Å². The number of nitrogens with two attached hydrogens (primary N) is 1. The molecule has 4 nitrogen and oxygen atoms in total. The van der Waals surface area contributed by atoms with Gasteiger partial charge in [0.25, 0.3) is 0 Å². The molecule has 1 aromatic rings. The lowest BCUT2D eigenvalue weighted by Gasteiger charge is -2.20. The molecule has 0 unspecified atom stereocenters. The number of benzene rings is 1. The van der Waals surface area contributed by atoms with Gasteiger partial charge in [-0.05, 0) is 36.5 Å². The van der Waals surface area contributed by atoms with E-state index in [0.29, 0.717) is 18.1 Å². The van der Waals surface area contributed by atoms with E-state index in [1.54, 1.807) is 0 Å². The van der Waals surface area contributed by atoms with Crippen LogP contribution in [0.1, 0.15) is 38.3 Å². The highest BCUT2D eigenvalue weighted by Gasteiger charge is 2.20. The topological polar surface area (TPSA) is 64.7 Å². The largest absolute Gasteiger partial charge is 0.454 e. The molecule has 1 heterocycles. The predicted molar refractivity (Wildman–Crippen MR) is 76.8 cm³/mol. The van der Waals surface area contributed by atoms with Gasteiger partial charge in [-0.25, -0.2) is 0 Å². The van der Waals surface area contributed by atoms with Gasteiger partial charge in [0.1, 0.15) is 0 Å². The Morgan fingerprint density at radius 2 is 1.89 bits per heavy atom. The van der Waals surface area contributed by atoms with Crippen LogP contribution in [0.25, 0.3) is 0 Å². The third-order valence-corrected chi connectivity index (χ3v) is 3.24. The van der Waals surface area contributed by atoms with Crippen molar-refractivity contribution in [1.29, 1.82) is 0 Å². The van der Waals surface area contributed by atoms with Gasteiger partial charge in [0.05, 0.1) is 12.1 Å². The van der Waals surface area contributed by atoms with Crippen molar-refractivity contribution in [2.24, 2.45) is 11.7 Å². The fourth-order valence-corrected chi connectivity index (χ4v) is 2.03. The maximum absolute atomic E-state index is 10.1. The van der Waals surface area contributed by atoms with E-state index in [1.807, 2.05) is 18.2 Å². The van der Waals surface area contributed by atoms with Gasteiger partial charge in [-0.1, -0.05) is 19.9 Å². The van der Waals surface area contributed by atoms with Crippen molar-refractivity contribution in [2.45, 2.75) is 38.8 Å². The van der Waals surface area contributed by atoms with Crippen LogP contribution in [0.2, 0.25) is 0 Å². The van der Waals surface area contributed by atoms with E-state index >= 15 is 0 Å². The number of aliphatic hydroxyl groups is 1. The molecule has 0 spiro atoms. The first-order valence-corrected chi connectivity index (χ1v) is 6.41. The fourth-order valence-electron chi connectivity index (χ4n) is 2.03. The second kappa shape index (κ2) is 6.98. The summed E-state index contributed by atoms with van der Waals surface area (Å²) in [4.78, 5) is 0. The monoisotopic (exact) mass is 287 g/mol. The Kier molecular flexibility index (Phi) is 5.91. The Morgan fingerprint density at radius 1 is 1.21 bits per heavy atom. The average Bonchev–Trinajstić information content (AvgIpc) is 2.81. The van der Waals surface area contributed by atoms with Crippen LogP contribution in [0.5, 0.6) is 11.5 Å². The zero-order chi connectivity index (χ0) is 13.1. The summed E-state index contributed by atoms with van der Waals surface area (Å²) in [5.74, 6) is 2.02. The van der Waals surface area contributed by atoms with Crippen LogP contribution in [0.4, 0.5) is 0 Å². The Bertz CT molecular complexity index is 412. The zero-order valence-electron chi connectivity index (χ0n) is 11.3. The van der Waals surface area contributed by atoms with Crippen LogP contribution < -0.4 is 15.2 Å². The molecule has 1 aliphatic rings. The van der Waals surface area contributed by atoms with Gasteiger partial charge in [0.15, 0.2) is 11.5 Å². The second-order valence-electron chi connectivity index (χ2n) is 5.18. The summed E-state index contributed by atoms with van der Waals surface area (Å²) < 4.78 is 10.6. The van der Waals surface area contributed by atoms with Gasteiger partial charge < -0.3 is 20.3 Å². The van der Waals surface area contributed by atoms with Crippen molar-refractivity contribution in [2.75, 3.05) is 6.79 Å². The Hall–Kier alpha value is -0.970. The molecule has 1 aliphatic heterocycles. The van der Waals surface area contributed by atoms with Crippen molar-refractivity contribution >= 4 is 12.4 Å². The van der Waals surface area contributed by atoms with E-state index in [2.05, 4.69) is 13.8 Å². The number of ether oxygens (including phenoxy) is 2. The highest BCUT2D eigenvalue weighted by atomic mass is 35.5. The maximum atomic E-state index is 10.1. The second-order valence-corrected chi connectivity index (χ2v) is 5.18. The Labute approximate surface area is 120 Å². The SMILES string of the molecule is CC(C)CC[C@H](O)[C@H](N)c1ccc2c(c1)OCO2.Cl. The van der Waals surface area contributed by atoms with Crippen molar-refractivity contribution in [1.82, 2.24) is 0 Å². The summed E-state index contributed by atoms with van der Waals surface area (Å²) in [6.45, 7) is 4.53. The molecule has 19 heavy (non-hydrogen) atoms. The number of fused-ring (bicyclic) bond motifs is 1. The van der Waals surface area contributed by atoms with Crippen molar-refractivity contribution in [3.63, 3.8) is 0 Å². The zero-order valence-corrected chi connectivity index (χ0v) is 12.2. The molecular formula is C14H22ClNO3. The summed E-state index contributed by atoms with van der Waals surface area (Å²) in [6.07, 6.45) is 1.17. The van der Waals surface area contributed by atoms with Gasteiger partial charge in [0, 0.05) is 0 Å². The number of hydrogen-bond acceptors (Lipinski definition) is 4. The highest BCUT2D eigenvalue weighted by molar-refractivity contribution is 5.85. The molecule has 0 fully saturated rings. The van der Waals surface area contributed by atoms with E-state index in [4.69, 9.17) is 15.2 Å². The minimum absolute atomic E-state index is 0. The van der Waals surface area contributed by atoms with Crippen LogP contribution in [0, 0.1) is 5.92 Å².